The summed E-state index contributed by atoms with van der Waals surface area (Å²) in [6.07, 6.45) is 5.64. The zero-order valence-electron chi connectivity index (χ0n) is 11.6. The number of aromatic hydroxyl groups is 1. The monoisotopic (exact) mass is 276 g/mol. The fourth-order valence-electron chi connectivity index (χ4n) is 3.21. The van der Waals surface area contributed by atoms with Gasteiger partial charge in [0.15, 0.2) is 0 Å². The van der Waals surface area contributed by atoms with Gasteiger partial charge in [0.05, 0.1) is 6.04 Å². The van der Waals surface area contributed by atoms with Gasteiger partial charge >= 0.3 is 0 Å². The second kappa shape index (κ2) is 4.77. The Morgan fingerprint density at radius 2 is 2.00 bits per heavy atom. The van der Waals surface area contributed by atoms with Gasteiger partial charge in [-0.2, -0.15) is 0 Å². The molecule has 1 aliphatic rings. The van der Waals surface area contributed by atoms with Gasteiger partial charge in [0.2, 0.25) is 0 Å². The molecule has 3 nitrogen and oxygen atoms in total. The van der Waals surface area contributed by atoms with Gasteiger partial charge < -0.3 is 10.4 Å². The third kappa shape index (κ3) is 2.02. The Labute approximate surface area is 123 Å². The van der Waals surface area contributed by atoms with E-state index < -0.39 is 0 Å². The molecule has 1 aromatic heterocycles. The Morgan fingerprint density at radius 1 is 1.10 bits per heavy atom. The first-order valence-electron chi connectivity index (χ1n) is 7.23. The van der Waals surface area contributed by atoms with Crippen molar-refractivity contribution in [1.82, 2.24) is 4.98 Å². The number of fused-ring (bicyclic) bond motifs is 2. The number of rotatable bonds is 2. The van der Waals surface area contributed by atoms with Crippen LogP contribution in [0.1, 0.15) is 23.6 Å². The van der Waals surface area contributed by atoms with Gasteiger partial charge in [0, 0.05) is 23.5 Å². The minimum Gasteiger partial charge on any atom is -0.508 e. The van der Waals surface area contributed by atoms with E-state index in [4.69, 9.17) is 0 Å². The van der Waals surface area contributed by atoms with Crippen LogP contribution < -0.4 is 5.32 Å². The number of nitrogens with one attached hydrogen (secondary N) is 1. The maximum Gasteiger partial charge on any atom is 0.119 e. The lowest BCUT2D eigenvalue weighted by Crippen LogP contribution is -2.07. The van der Waals surface area contributed by atoms with Crippen LogP contribution in [-0.2, 0) is 6.42 Å². The van der Waals surface area contributed by atoms with Crippen molar-refractivity contribution in [2.24, 2.45) is 0 Å². The van der Waals surface area contributed by atoms with E-state index in [0.29, 0.717) is 5.75 Å². The summed E-state index contributed by atoms with van der Waals surface area (Å²) in [5.74, 6) is 0.413. The van der Waals surface area contributed by atoms with E-state index >= 15 is 0 Å². The first-order chi connectivity index (χ1) is 10.3. The van der Waals surface area contributed by atoms with E-state index in [2.05, 4.69) is 34.6 Å². The molecule has 0 spiro atoms. The average molecular weight is 276 g/mol. The Morgan fingerprint density at radius 3 is 2.95 bits per heavy atom. The molecular formula is C18H16N2O. The Kier molecular flexibility index (Phi) is 2.78. The molecule has 4 rings (SSSR count). The molecule has 0 aliphatic heterocycles. The number of anilines is 1. The lowest BCUT2D eigenvalue weighted by Gasteiger charge is -2.17. The Balaban J connectivity index is 1.73. The van der Waals surface area contributed by atoms with Gasteiger partial charge in [-0.15, -0.1) is 0 Å². The smallest absolute Gasteiger partial charge is 0.119 e. The number of phenols is 1. The van der Waals surface area contributed by atoms with Crippen LogP contribution >= 0.6 is 0 Å². The lowest BCUT2D eigenvalue weighted by molar-refractivity contribution is 0.469. The summed E-state index contributed by atoms with van der Waals surface area (Å²) in [6, 6.07) is 14.3. The van der Waals surface area contributed by atoms with Crippen LogP contribution in [0, 0.1) is 0 Å². The fraction of sp³-hybridized carbons (Fsp3) is 0.167. The van der Waals surface area contributed by atoms with E-state index in [1.807, 2.05) is 24.5 Å². The summed E-state index contributed by atoms with van der Waals surface area (Å²) in [7, 11) is 0. The maximum atomic E-state index is 9.95. The molecule has 0 bridgehead atoms. The summed E-state index contributed by atoms with van der Waals surface area (Å²) in [5, 5.41) is 15.9. The zero-order valence-corrected chi connectivity index (χ0v) is 11.6. The van der Waals surface area contributed by atoms with E-state index in [0.717, 1.165) is 29.5 Å². The normalized spacial score (nSPS) is 16.9. The lowest BCUT2D eigenvalue weighted by atomic mass is 10.1. The minimum absolute atomic E-state index is 0.248. The molecule has 0 fully saturated rings. The number of phenolic OH excluding ortho intramolecular Hbond substituents is 1. The van der Waals surface area contributed by atoms with Gasteiger partial charge in [0.1, 0.15) is 5.75 Å². The van der Waals surface area contributed by atoms with Crippen molar-refractivity contribution in [3.63, 3.8) is 0 Å². The van der Waals surface area contributed by atoms with E-state index in [9.17, 15) is 5.11 Å². The molecule has 1 atom stereocenters. The predicted molar refractivity (Wildman–Crippen MR) is 84.5 cm³/mol. The molecule has 1 aliphatic carbocycles. The third-order valence-corrected chi connectivity index (χ3v) is 4.26. The molecule has 0 saturated carbocycles. The van der Waals surface area contributed by atoms with Crippen molar-refractivity contribution in [1.29, 1.82) is 0 Å². The number of nitrogens with zero attached hydrogens (tertiary/aromatic N) is 1. The zero-order chi connectivity index (χ0) is 14.2. The van der Waals surface area contributed by atoms with Crippen molar-refractivity contribution in [3.8, 4) is 5.75 Å². The molecule has 3 heteroatoms. The van der Waals surface area contributed by atoms with Crippen LogP contribution in [0.2, 0.25) is 0 Å². The number of hydrogen-bond acceptors (Lipinski definition) is 3. The highest BCUT2D eigenvalue weighted by Crippen LogP contribution is 2.39. The van der Waals surface area contributed by atoms with Gasteiger partial charge in [-0.05, 0) is 47.6 Å². The quantitative estimate of drug-likeness (QED) is 0.742. The number of benzene rings is 2. The van der Waals surface area contributed by atoms with Gasteiger partial charge in [-0.25, -0.2) is 0 Å². The molecule has 0 amide bonds. The van der Waals surface area contributed by atoms with Gasteiger partial charge in [-0.1, -0.05) is 24.3 Å². The van der Waals surface area contributed by atoms with Gasteiger partial charge in [0.25, 0.3) is 0 Å². The van der Waals surface area contributed by atoms with Crippen molar-refractivity contribution < 1.29 is 5.11 Å². The highest BCUT2D eigenvalue weighted by atomic mass is 16.3. The van der Waals surface area contributed by atoms with Crippen LogP contribution in [-0.4, -0.2) is 10.1 Å². The average Bonchev–Trinajstić information content (AvgIpc) is 2.92. The molecule has 0 radical (unpaired) electrons. The van der Waals surface area contributed by atoms with Crippen LogP contribution in [0.4, 0.5) is 5.69 Å². The van der Waals surface area contributed by atoms with Crippen LogP contribution in [0.3, 0.4) is 0 Å². The largest absolute Gasteiger partial charge is 0.508 e. The Hall–Kier alpha value is -2.55. The molecular weight excluding hydrogens is 260 g/mol. The van der Waals surface area contributed by atoms with Crippen molar-refractivity contribution in [2.45, 2.75) is 18.9 Å². The van der Waals surface area contributed by atoms with Crippen molar-refractivity contribution in [3.05, 3.63) is 66.0 Å². The number of aromatic nitrogens is 1. The topological polar surface area (TPSA) is 45.1 Å². The molecule has 1 unspecified atom stereocenters. The van der Waals surface area contributed by atoms with Gasteiger partial charge in [-0.3, -0.25) is 4.98 Å². The first kappa shape index (κ1) is 12.2. The van der Waals surface area contributed by atoms with E-state index in [-0.39, 0.29) is 6.04 Å². The first-order valence-corrected chi connectivity index (χ1v) is 7.23. The van der Waals surface area contributed by atoms with Crippen molar-refractivity contribution in [2.75, 3.05) is 5.32 Å². The summed E-state index contributed by atoms with van der Waals surface area (Å²) < 4.78 is 0. The SMILES string of the molecule is Oc1cccc2c1CCC2Nc1cccc2ccncc12. The molecule has 2 N–H and O–H groups in total. The molecule has 1 heterocycles. The highest BCUT2D eigenvalue weighted by Gasteiger charge is 2.24. The Bertz CT molecular complexity index is 808. The number of hydrogen-bond donors (Lipinski definition) is 2. The predicted octanol–water partition coefficient (Wildman–Crippen LogP) is 4.04. The molecule has 104 valence electrons. The van der Waals surface area contributed by atoms with Crippen LogP contribution in [0.5, 0.6) is 5.75 Å². The summed E-state index contributed by atoms with van der Waals surface area (Å²) in [5.41, 5.74) is 3.38. The third-order valence-electron chi connectivity index (χ3n) is 4.26. The number of pyridine rings is 1. The summed E-state index contributed by atoms with van der Waals surface area (Å²) in [4.78, 5) is 4.23. The molecule has 2 aromatic carbocycles. The molecule has 21 heavy (non-hydrogen) atoms. The van der Waals surface area contributed by atoms with Crippen LogP contribution in [0.15, 0.2) is 54.9 Å². The second-order valence-electron chi connectivity index (χ2n) is 5.48. The van der Waals surface area contributed by atoms with E-state index in [1.54, 1.807) is 6.07 Å². The van der Waals surface area contributed by atoms with Crippen molar-refractivity contribution >= 4 is 16.5 Å². The standard InChI is InChI=1S/C18H16N2O/c21-18-6-2-4-13-14(18)7-8-17(13)20-16-5-1-3-12-9-10-19-11-15(12)16/h1-6,9-11,17,20-21H,7-8H2. The highest BCUT2D eigenvalue weighted by molar-refractivity contribution is 5.93. The summed E-state index contributed by atoms with van der Waals surface area (Å²) >= 11 is 0. The second-order valence-corrected chi connectivity index (χ2v) is 5.48. The molecule has 3 aromatic rings. The minimum atomic E-state index is 0.248. The fourth-order valence-corrected chi connectivity index (χ4v) is 3.21. The van der Waals surface area contributed by atoms with Crippen LogP contribution in [0.25, 0.3) is 10.8 Å². The molecule has 0 saturated heterocycles. The van der Waals surface area contributed by atoms with E-state index in [1.165, 1.54) is 10.9 Å². The maximum absolute atomic E-state index is 9.95. The summed E-state index contributed by atoms with van der Waals surface area (Å²) in [6.45, 7) is 0.